The van der Waals surface area contributed by atoms with E-state index < -0.39 is 21.5 Å². The Morgan fingerprint density at radius 3 is 2.57 bits per heavy atom. The molecule has 2 aliphatic rings. The highest BCUT2D eigenvalue weighted by molar-refractivity contribution is 7.91. The van der Waals surface area contributed by atoms with Crippen molar-refractivity contribution in [3.05, 3.63) is 5.82 Å². The van der Waals surface area contributed by atoms with E-state index in [1.165, 1.54) is 11.0 Å². The second-order valence-electron chi connectivity index (χ2n) is 6.87. The van der Waals surface area contributed by atoms with Crippen LogP contribution in [-0.2, 0) is 21.7 Å². The lowest BCUT2D eigenvalue weighted by atomic mass is 9.86. The van der Waals surface area contributed by atoms with Gasteiger partial charge in [-0.1, -0.05) is 19.8 Å². The van der Waals surface area contributed by atoms with Crippen LogP contribution in [-0.4, -0.2) is 40.9 Å². The molecule has 1 heterocycles. The van der Waals surface area contributed by atoms with E-state index in [4.69, 9.17) is 0 Å². The van der Waals surface area contributed by atoms with E-state index >= 15 is 0 Å². The third kappa shape index (κ3) is 3.57. The Balaban J connectivity index is 1.67. The van der Waals surface area contributed by atoms with Crippen molar-refractivity contribution < 1.29 is 13.2 Å². The average molecular weight is 340 g/mol. The van der Waals surface area contributed by atoms with Gasteiger partial charge in [-0.3, -0.25) is 4.79 Å². The molecule has 1 aromatic rings. The lowest BCUT2D eigenvalue weighted by Gasteiger charge is -2.29. The van der Waals surface area contributed by atoms with Crippen LogP contribution in [0.1, 0.15) is 57.2 Å². The van der Waals surface area contributed by atoms with Crippen molar-refractivity contribution in [2.24, 2.45) is 13.0 Å². The molecule has 23 heavy (non-hydrogen) atoms. The Hall–Kier alpha value is -1.44. The van der Waals surface area contributed by atoms with Crippen molar-refractivity contribution in [1.82, 2.24) is 20.1 Å². The molecule has 0 aromatic carbocycles. The number of carbonyl (C=O) groups excluding carboxylic acids is 1. The molecule has 2 atom stereocenters. The van der Waals surface area contributed by atoms with Crippen LogP contribution in [0.3, 0.4) is 0 Å². The van der Waals surface area contributed by atoms with Gasteiger partial charge >= 0.3 is 0 Å². The summed E-state index contributed by atoms with van der Waals surface area (Å²) in [7, 11) is -2.11. The molecule has 0 saturated heterocycles. The minimum Gasteiger partial charge on any atom is -0.352 e. The van der Waals surface area contributed by atoms with Crippen molar-refractivity contribution in [3.8, 4) is 0 Å². The van der Waals surface area contributed by atoms with Gasteiger partial charge in [-0.2, -0.15) is 0 Å². The molecular weight excluding hydrogens is 316 g/mol. The second-order valence-corrected chi connectivity index (χ2v) is 8.75. The van der Waals surface area contributed by atoms with Crippen LogP contribution >= 0.6 is 0 Å². The number of nitrogens with zero attached hydrogens (tertiary/aromatic N) is 3. The van der Waals surface area contributed by atoms with Gasteiger partial charge < -0.3 is 9.88 Å². The van der Waals surface area contributed by atoms with E-state index in [9.17, 15) is 13.2 Å². The summed E-state index contributed by atoms with van der Waals surface area (Å²) < 4.78 is 26.4. The maximum Gasteiger partial charge on any atom is 0.250 e. The number of hydrogen-bond acceptors (Lipinski definition) is 5. The van der Waals surface area contributed by atoms with Crippen molar-refractivity contribution in [1.29, 1.82) is 0 Å². The lowest BCUT2D eigenvalue weighted by Crippen LogP contribution is -2.43. The molecule has 8 heteroatoms. The number of sulfone groups is 1. The first kappa shape index (κ1) is 16.4. The van der Waals surface area contributed by atoms with Crippen LogP contribution in [0.25, 0.3) is 0 Å². The van der Waals surface area contributed by atoms with Crippen LogP contribution < -0.4 is 5.32 Å². The van der Waals surface area contributed by atoms with Crippen LogP contribution in [0.15, 0.2) is 5.16 Å². The molecule has 2 saturated carbocycles. The van der Waals surface area contributed by atoms with Gasteiger partial charge in [0, 0.05) is 19.0 Å². The first-order valence-electron chi connectivity index (χ1n) is 8.30. The van der Waals surface area contributed by atoms with Crippen molar-refractivity contribution in [3.63, 3.8) is 0 Å². The summed E-state index contributed by atoms with van der Waals surface area (Å²) in [4.78, 5) is 12.2. The summed E-state index contributed by atoms with van der Waals surface area (Å²) in [6.45, 7) is 2.10. The summed E-state index contributed by atoms with van der Waals surface area (Å²) in [6.07, 6.45) is 6.29. The molecule has 0 bridgehead atoms. The summed E-state index contributed by atoms with van der Waals surface area (Å²) in [5.41, 5.74) is 0. The SMILES string of the molecule is C[C@@H]1CCCC[C@@H]1NC(=O)CS(=O)(=O)c1nnc(C2CC2)n1C. The van der Waals surface area contributed by atoms with E-state index in [0.717, 1.165) is 32.1 Å². The van der Waals surface area contributed by atoms with Gasteiger partial charge in [-0.15, -0.1) is 10.2 Å². The average Bonchev–Trinajstić information content (AvgIpc) is 3.23. The zero-order valence-electron chi connectivity index (χ0n) is 13.7. The molecule has 1 N–H and O–H groups in total. The molecule has 1 amide bonds. The zero-order valence-corrected chi connectivity index (χ0v) is 14.5. The molecule has 7 nitrogen and oxygen atoms in total. The largest absolute Gasteiger partial charge is 0.352 e. The minimum absolute atomic E-state index is 0.0768. The predicted molar refractivity (Wildman–Crippen MR) is 84.6 cm³/mol. The molecule has 2 fully saturated rings. The van der Waals surface area contributed by atoms with Crippen molar-refractivity contribution in [2.75, 3.05) is 5.75 Å². The Kier molecular flexibility index (Phi) is 4.44. The summed E-state index contributed by atoms with van der Waals surface area (Å²) in [5.74, 6) is 0.400. The minimum atomic E-state index is -3.77. The lowest BCUT2D eigenvalue weighted by molar-refractivity contribution is -0.119. The molecule has 0 radical (unpaired) electrons. The Labute approximate surface area is 136 Å². The maximum atomic E-state index is 12.5. The third-order valence-electron chi connectivity index (χ3n) is 4.87. The monoisotopic (exact) mass is 340 g/mol. The normalized spacial score (nSPS) is 25.3. The van der Waals surface area contributed by atoms with Crippen LogP contribution in [0.2, 0.25) is 0 Å². The number of carbonyl (C=O) groups is 1. The Morgan fingerprint density at radius 1 is 1.22 bits per heavy atom. The highest BCUT2D eigenvalue weighted by Gasteiger charge is 2.33. The number of rotatable bonds is 5. The number of nitrogens with one attached hydrogen (secondary N) is 1. The maximum absolute atomic E-state index is 12.5. The second kappa shape index (κ2) is 6.22. The highest BCUT2D eigenvalue weighted by Crippen LogP contribution is 2.39. The van der Waals surface area contributed by atoms with Crippen LogP contribution in [0.4, 0.5) is 0 Å². The standard InChI is InChI=1S/C15H24N4O3S/c1-10-5-3-4-6-12(10)16-13(20)9-23(21,22)15-18-17-14(19(15)2)11-7-8-11/h10-12H,3-9H2,1-2H3,(H,16,20)/t10-,12+/m1/s1. The van der Waals surface area contributed by atoms with Gasteiger partial charge in [0.2, 0.25) is 20.9 Å². The molecule has 2 aliphatic carbocycles. The van der Waals surface area contributed by atoms with Gasteiger partial charge in [-0.05, 0) is 31.6 Å². The molecule has 0 aliphatic heterocycles. The molecule has 0 unspecified atom stereocenters. The van der Waals surface area contributed by atoms with E-state index in [2.05, 4.69) is 22.4 Å². The molecule has 128 valence electrons. The zero-order chi connectivity index (χ0) is 16.6. The third-order valence-corrected chi connectivity index (χ3v) is 6.42. The Morgan fingerprint density at radius 2 is 1.91 bits per heavy atom. The van der Waals surface area contributed by atoms with Gasteiger partial charge in [0.05, 0.1) is 0 Å². The summed E-state index contributed by atoms with van der Waals surface area (Å²) in [5, 5.41) is 10.6. The van der Waals surface area contributed by atoms with Crippen LogP contribution in [0.5, 0.6) is 0 Å². The fourth-order valence-corrected chi connectivity index (χ4v) is 4.54. The molecule has 1 aromatic heterocycles. The fraction of sp³-hybridized carbons (Fsp3) is 0.800. The molecular formula is C15H24N4O3S. The Bertz CT molecular complexity index is 694. The smallest absolute Gasteiger partial charge is 0.250 e. The van der Waals surface area contributed by atoms with Crippen molar-refractivity contribution >= 4 is 15.7 Å². The number of amides is 1. The van der Waals surface area contributed by atoms with E-state index in [1.807, 2.05) is 0 Å². The number of aromatic nitrogens is 3. The fourth-order valence-electron chi connectivity index (χ4n) is 3.31. The quantitative estimate of drug-likeness (QED) is 0.868. The highest BCUT2D eigenvalue weighted by atomic mass is 32.2. The molecule has 3 rings (SSSR count). The van der Waals surface area contributed by atoms with Gasteiger partial charge in [-0.25, -0.2) is 8.42 Å². The molecule has 0 spiro atoms. The van der Waals surface area contributed by atoms with Crippen molar-refractivity contribution in [2.45, 2.75) is 62.6 Å². The predicted octanol–water partition coefficient (Wildman–Crippen LogP) is 1.16. The van der Waals surface area contributed by atoms with E-state index in [-0.39, 0.29) is 11.2 Å². The summed E-state index contributed by atoms with van der Waals surface area (Å²) in [6, 6.07) is 0.0768. The number of hydrogen-bond donors (Lipinski definition) is 1. The van der Waals surface area contributed by atoms with Gasteiger partial charge in [0.15, 0.2) is 0 Å². The topological polar surface area (TPSA) is 93.9 Å². The van der Waals surface area contributed by atoms with Gasteiger partial charge in [0.25, 0.3) is 0 Å². The first-order chi connectivity index (χ1) is 10.9. The summed E-state index contributed by atoms with van der Waals surface area (Å²) >= 11 is 0. The first-order valence-corrected chi connectivity index (χ1v) is 9.95. The van der Waals surface area contributed by atoms with Gasteiger partial charge in [0.1, 0.15) is 11.6 Å². The van der Waals surface area contributed by atoms with E-state index in [0.29, 0.717) is 17.7 Å². The van der Waals surface area contributed by atoms with Crippen LogP contribution in [0, 0.1) is 5.92 Å². The van der Waals surface area contributed by atoms with E-state index in [1.54, 1.807) is 7.05 Å².